The van der Waals surface area contributed by atoms with Crippen molar-refractivity contribution in [1.29, 1.82) is 0 Å². The topological polar surface area (TPSA) is 54.9 Å². The molecule has 11 heavy (non-hydrogen) atoms. The van der Waals surface area contributed by atoms with Gasteiger partial charge >= 0.3 is 0 Å². The Morgan fingerprint density at radius 1 is 1.82 bits per heavy atom. The number of anilines is 1. The summed E-state index contributed by atoms with van der Waals surface area (Å²) in [5.41, 5.74) is 1.56. The van der Waals surface area contributed by atoms with E-state index in [0.717, 1.165) is 0 Å². The van der Waals surface area contributed by atoms with Crippen LogP contribution in [0.3, 0.4) is 0 Å². The van der Waals surface area contributed by atoms with Gasteiger partial charge in [0.15, 0.2) is 0 Å². The molecule has 0 unspecified atom stereocenters. The maximum absolute atomic E-state index is 10.9. The molecule has 5 heteroatoms. The molecule has 0 aromatic carbocycles. The molecule has 4 nitrogen and oxygen atoms in total. The van der Waals surface area contributed by atoms with Crippen molar-refractivity contribution in [3.05, 3.63) is 17.7 Å². The molecule has 0 atom stereocenters. The molecule has 0 saturated carbocycles. The van der Waals surface area contributed by atoms with Crippen molar-refractivity contribution >= 4 is 22.4 Å². The van der Waals surface area contributed by atoms with Gasteiger partial charge in [-0.05, 0) is 13.0 Å². The predicted molar refractivity (Wildman–Crippen MR) is 43.4 cm³/mol. The van der Waals surface area contributed by atoms with E-state index in [9.17, 15) is 4.79 Å². The molecule has 1 aromatic heterocycles. The van der Waals surface area contributed by atoms with Gasteiger partial charge in [-0.1, -0.05) is 17.4 Å². The van der Waals surface area contributed by atoms with Crippen LogP contribution in [-0.2, 0) is 4.79 Å². The Hall–Kier alpha value is -1.23. The molecule has 0 aliphatic carbocycles. The number of amides is 1. The fourth-order valence-corrected chi connectivity index (χ4v) is 0.974. The Balaban J connectivity index is 2.50. The van der Waals surface area contributed by atoms with Crippen LogP contribution in [0.2, 0.25) is 0 Å². The summed E-state index contributed by atoms with van der Waals surface area (Å²) in [6.07, 6.45) is 3.10. The molecule has 0 bridgehead atoms. The number of hydrogen-bond acceptors (Lipinski definition) is 4. The van der Waals surface area contributed by atoms with Crippen molar-refractivity contribution < 1.29 is 4.79 Å². The smallest absolute Gasteiger partial charge is 0.249 e. The van der Waals surface area contributed by atoms with E-state index in [1.54, 1.807) is 18.5 Å². The average Bonchev–Trinajstić information content (AvgIpc) is 2.40. The highest BCUT2D eigenvalue weighted by molar-refractivity contribution is 7.13. The number of rotatable bonds is 2. The fourth-order valence-electron chi connectivity index (χ4n) is 0.526. The second-order valence-electron chi connectivity index (χ2n) is 1.73. The first-order valence-corrected chi connectivity index (χ1v) is 3.90. The minimum Gasteiger partial charge on any atom is -0.297 e. The number of carbonyl (C=O) groups is 1. The summed E-state index contributed by atoms with van der Waals surface area (Å²) in [5.74, 6) is -0.177. The fraction of sp³-hybridized carbons (Fsp3) is 0.167. The van der Waals surface area contributed by atoms with E-state index in [-0.39, 0.29) is 5.91 Å². The van der Waals surface area contributed by atoms with Gasteiger partial charge in [0, 0.05) is 0 Å². The number of carbonyl (C=O) groups excluding carboxylic acids is 1. The zero-order chi connectivity index (χ0) is 8.10. The zero-order valence-corrected chi connectivity index (χ0v) is 6.76. The van der Waals surface area contributed by atoms with E-state index >= 15 is 0 Å². The molecule has 1 N–H and O–H groups in total. The van der Waals surface area contributed by atoms with Crippen molar-refractivity contribution in [2.75, 3.05) is 5.32 Å². The van der Waals surface area contributed by atoms with Crippen molar-refractivity contribution in [2.45, 2.75) is 6.92 Å². The molecule has 0 spiro atoms. The Kier molecular flexibility index (Phi) is 2.74. The van der Waals surface area contributed by atoms with Crippen LogP contribution in [0.15, 0.2) is 17.7 Å². The second kappa shape index (κ2) is 3.82. The number of nitrogens with zero attached hydrogens (tertiary/aromatic N) is 2. The maximum atomic E-state index is 10.9. The van der Waals surface area contributed by atoms with Gasteiger partial charge in [0.05, 0.1) is 0 Å². The highest BCUT2D eigenvalue weighted by Crippen LogP contribution is 2.07. The third-order valence-corrected chi connectivity index (χ3v) is 1.51. The van der Waals surface area contributed by atoms with E-state index in [1.807, 2.05) is 0 Å². The summed E-state index contributed by atoms with van der Waals surface area (Å²) >= 11 is 1.29. The number of aromatic nitrogens is 2. The first kappa shape index (κ1) is 7.87. The van der Waals surface area contributed by atoms with Gasteiger partial charge in [-0.3, -0.25) is 10.1 Å². The quantitative estimate of drug-likeness (QED) is 0.673. The predicted octanol–water partition coefficient (Wildman–Crippen LogP) is 1.05. The van der Waals surface area contributed by atoms with Gasteiger partial charge in [-0.15, -0.1) is 10.2 Å². The molecular formula is C6H7N3OS. The average molecular weight is 169 g/mol. The van der Waals surface area contributed by atoms with Crippen LogP contribution >= 0.6 is 11.3 Å². The zero-order valence-electron chi connectivity index (χ0n) is 5.94. The Labute approximate surface area is 68.0 Å². The largest absolute Gasteiger partial charge is 0.297 e. The summed E-state index contributed by atoms with van der Waals surface area (Å²) in [7, 11) is 0. The Morgan fingerprint density at radius 3 is 3.18 bits per heavy atom. The van der Waals surface area contributed by atoms with Crippen LogP contribution in [-0.4, -0.2) is 16.1 Å². The Bertz CT molecular complexity index is 255. The molecule has 0 aliphatic rings. The maximum Gasteiger partial charge on any atom is 0.249 e. The van der Waals surface area contributed by atoms with Crippen LogP contribution in [0, 0.1) is 0 Å². The van der Waals surface area contributed by atoms with Crippen LogP contribution in [0.1, 0.15) is 6.92 Å². The number of hydrogen-bond donors (Lipinski definition) is 1. The molecule has 0 radical (unpaired) electrons. The molecule has 1 heterocycles. The summed E-state index contributed by atoms with van der Waals surface area (Å²) in [6, 6.07) is 0. The van der Waals surface area contributed by atoms with E-state index in [0.29, 0.717) is 5.13 Å². The first-order valence-electron chi connectivity index (χ1n) is 3.03. The monoisotopic (exact) mass is 169 g/mol. The van der Waals surface area contributed by atoms with Gasteiger partial charge < -0.3 is 0 Å². The van der Waals surface area contributed by atoms with E-state index < -0.39 is 0 Å². The molecule has 0 aliphatic heterocycles. The SMILES string of the molecule is CC=CC(=O)Nc1nncs1. The number of nitrogens with one attached hydrogen (secondary N) is 1. The van der Waals surface area contributed by atoms with E-state index in [4.69, 9.17) is 0 Å². The molecule has 1 amide bonds. The van der Waals surface area contributed by atoms with Gasteiger partial charge in [-0.2, -0.15) is 0 Å². The van der Waals surface area contributed by atoms with E-state index in [1.165, 1.54) is 17.4 Å². The minimum absolute atomic E-state index is 0.177. The lowest BCUT2D eigenvalue weighted by Crippen LogP contribution is -2.07. The third kappa shape index (κ3) is 2.46. The molecule has 0 fully saturated rings. The highest BCUT2D eigenvalue weighted by Gasteiger charge is 1.98. The molecule has 58 valence electrons. The summed E-state index contributed by atoms with van der Waals surface area (Å²) in [6.45, 7) is 1.78. The highest BCUT2D eigenvalue weighted by atomic mass is 32.1. The van der Waals surface area contributed by atoms with Crippen LogP contribution in [0.5, 0.6) is 0 Å². The molecular weight excluding hydrogens is 162 g/mol. The van der Waals surface area contributed by atoms with Crippen molar-refractivity contribution in [2.24, 2.45) is 0 Å². The summed E-state index contributed by atoms with van der Waals surface area (Å²) < 4.78 is 0. The normalized spacial score (nSPS) is 10.3. The van der Waals surface area contributed by atoms with Crippen LogP contribution in [0.4, 0.5) is 5.13 Å². The molecule has 0 saturated heterocycles. The van der Waals surface area contributed by atoms with Crippen LogP contribution < -0.4 is 5.32 Å². The Morgan fingerprint density at radius 2 is 2.64 bits per heavy atom. The second-order valence-corrected chi connectivity index (χ2v) is 2.57. The standard InChI is InChI=1S/C6H7N3OS/c1-2-3-5(10)8-6-9-7-4-11-6/h2-4H,1H3,(H,8,9,10). The third-order valence-electron chi connectivity index (χ3n) is 0.908. The molecule has 1 aromatic rings. The van der Waals surface area contributed by atoms with Crippen molar-refractivity contribution in [3.63, 3.8) is 0 Å². The minimum atomic E-state index is -0.177. The van der Waals surface area contributed by atoms with Gasteiger partial charge in [0.1, 0.15) is 5.51 Å². The molecule has 1 rings (SSSR count). The van der Waals surface area contributed by atoms with Crippen molar-refractivity contribution in [1.82, 2.24) is 10.2 Å². The van der Waals surface area contributed by atoms with Gasteiger partial charge in [-0.25, -0.2) is 0 Å². The lowest BCUT2D eigenvalue weighted by Gasteiger charge is -1.91. The summed E-state index contributed by atoms with van der Waals surface area (Å²) in [5, 5.41) is 10.3. The van der Waals surface area contributed by atoms with Gasteiger partial charge in [0.25, 0.3) is 0 Å². The first-order chi connectivity index (χ1) is 5.33. The van der Waals surface area contributed by atoms with Crippen LogP contribution in [0.25, 0.3) is 0 Å². The lowest BCUT2D eigenvalue weighted by molar-refractivity contribution is -0.111. The van der Waals surface area contributed by atoms with Crippen molar-refractivity contribution in [3.8, 4) is 0 Å². The van der Waals surface area contributed by atoms with Gasteiger partial charge in [0.2, 0.25) is 11.0 Å². The summed E-state index contributed by atoms with van der Waals surface area (Å²) in [4.78, 5) is 10.9. The van der Waals surface area contributed by atoms with E-state index in [2.05, 4.69) is 15.5 Å². The lowest BCUT2D eigenvalue weighted by atomic mass is 10.5. The number of allylic oxidation sites excluding steroid dienone is 1.